The summed E-state index contributed by atoms with van der Waals surface area (Å²) in [5, 5.41) is 74.5. The highest BCUT2D eigenvalue weighted by atomic mass is 16.5. The van der Waals surface area contributed by atoms with Crippen LogP contribution in [0.3, 0.4) is 0 Å². The van der Waals surface area contributed by atoms with Gasteiger partial charge in [-0.15, -0.1) is 5.92 Å². The number of rotatable bonds is 10. The number of nitrogens with one attached hydrogen (secondary N) is 1. The lowest BCUT2D eigenvalue weighted by molar-refractivity contribution is -0.200. The summed E-state index contributed by atoms with van der Waals surface area (Å²) < 4.78 is 5.89. The van der Waals surface area contributed by atoms with Gasteiger partial charge in [0, 0.05) is 60.5 Å². The van der Waals surface area contributed by atoms with E-state index in [-0.39, 0.29) is 117 Å². The largest absolute Gasteiger partial charge is 0.465 e. The number of fused-ring (bicyclic) bond motifs is 10. The highest BCUT2D eigenvalue weighted by molar-refractivity contribution is 5.98. The normalized spacial score (nSPS) is 46.2. The zero-order chi connectivity index (χ0) is 49.3. The van der Waals surface area contributed by atoms with Crippen LogP contribution in [0.5, 0.6) is 0 Å². The number of unbranched alkanes of at least 4 members (excludes halogenated alkanes) is 2. The number of aliphatic hydroxyl groups is 6. The molecule has 9 rings (SSSR count). The average molecular weight is 955 g/mol. The molecule has 13 nitrogen and oxygen atoms in total. The quantitative estimate of drug-likeness (QED) is 0.0338. The molecule has 7 aliphatic carbocycles. The number of allylic oxidation sites excluding steroid dienone is 3. The maximum absolute atomic E-state index is 15.2. The zero-order valence-corrected chi connectivity index (χ0v) is 41.6. The van der Waals surface area contributed by atoms with Gasteiger partial charge in [-0.1, -0.05) is 57.6 Å². The van der Waals surface area contributed by atoms with Crippen LogP contribution in [-0.2, 0) is 14.3 Å². The van der Waals surface area contributed by atoms with Gasteiger partial charge in [-0.2, -0.15) is 0 Å². The van der Waals surface area contributed by atoms with Crippen LogP contribution in [0.4, 0.5) is 0 Å². The molecule has 11 N–H and O–H groups in total. The maximum Gasteiger partial charge on any atom is 0.313 e. The van der Waals surface area contributed by atoms with Crippen molar-refractivity contribution in [2.75, 3.05) is 19.8 Å². The fourth-order valence-electron chi connectivity index (χ4n) is 17.3. The van der Waals surface area contributed by atoms with E-state index in [9.17, 15) is 35.4 Å². The van der Waals surface area contributed by atoms with Crippen LogP contribution >= 0.6 is 0 Å². The molecular formula is C56H82N4O9. The summed E-state index contributed by atoms with van der Waals surface area (Å²) in [6.45, 7) is 8.41. The fourth-order valence-corrected chi connectivity index (χ4v) is 17.3. The Morgan fingerprint density at radius 1 is 0.986 bits per heavy atom. The summed E-state index contributed by atoms with van der Waals surface area (Å²) >= 11 is 0. The van der Waals surface area contributed by atoms with E-state index in [0.29, 0.717) is 37.2 Å². The van der Waals surface area contributed by atoms with Crippen molar-refractivity contribution in [3.05, 3.63) is 47.3 Å². The molecule has 2 heterocycles. The number of aliphatic hydroxyl groups excluding tert-OH is 4. The number of aromatic nitrogens is 1. The minimum Gasteiger partial charge on any atom is -0.465 e. The molecule has 19 atom stereocenters. The summed E-state index contributed by atoms with van der Waals surface area (Å²) in [6, 6.07) is 1.94. The molecule has 1 aromatic rings. The number of cyclic esters (lactones) is 1. The smallest absolute Gasteiger partial charge is 0.313 e. The van der Waals surface area contributed by atoms with Crippen molar-refractivity contribution >= 4 is 17.7 Å². The molecule has 380 valence electrons. The van der Waals surface area contributed by atoms with E-state index in [1.807, 2.05) is 18.5 Å². The molecule has 0 bridgehead atoms. The number of nitrogens with zero attached hydrogens (tertiary/aromatic N) is 1. The molecule has 4 saturated carbocycles. The Kier molecular flexibility index (Phi) is 14.0. The van der Waals surface area contributed by atoms with Gasteiger partial charge in [-0.05, 0) is 161 Å². The zero-order valence-electron chi connectivity index (χ0n) is 41.6. The molecule has 0 radical (unpaired) electrons. The summed E-state index contributed by atoms with van der Waals surface area (Å²) in [6.07, 6.45) is 14.4. The van der Waals surface area contributed by atoms with Crippen LogP contribution in [0.2, 0.25) is 0 Å². The van der Waals surface area contributed by atoms with Gasteiger partial charge in [-0.3, -0.25) is 14.6 Å². The maximum atomic E-state index is 15.2. The Labute approximate surface area is 409 Å². The Bertz CT molecular complexity index is 2230. The number of ether oxygens (including phenoxy) is 1. The number of H-pyrrole nitrogens is 1. The molecule has 8 aliphatic rings. The van der Waals surface area contributed by atoms with Gasteiger partial charge in [0.1, 0.15) is 0 Å². The number of ketones is 1. The predicted octanol–water partition coefficient (Wildman–Crippen LogP) is 5.82. The molecule has 0 unspecified atom stereocenters. The van der Waals surface area contributed by atoms with Crippen molar-refractivity contribution in [1.82, 2.24) is 4.98 Å². The summed E-state index contributed by atoms with van der Waals surface area (Å²) in [5.74, 6) is 4.87. The highest BCUT2D eigenvalue weighted by Gasteiger charge is 2.74. The third kappa shape index (κ3) is 8.27. The first-order chi connectivity index (χ1) is 32.9. The van der Waals surface area contributed by atoms with Crippen LogP contribution in [0.1, 0.15) is 148 Å². The van der Waals surface area contributed by atoms with E-state index in [1.165, 1.54) is 5.57 Å². The van der Waals surface area contributed by atoms with Crippen molar-refractivity contribution < 1.29 is 45.0 Å². The number of esters is 1. The number of nitrogens with two attached hydrogens (primary N) is 2. The number of aliphatic imine (C=N–C) groups is 1. The number of carbonyl (C=O) groups excluding carboxylic acids is 2. The van der Waals surface area contributed by atoms with Crippen LogP contribution in [0.25, 0.3) is 0 Å². The van der Waals surface area contributed by atoms with E-state index in [2.05, 4.69) is 48.7 Å². The standard InChI is InChI=1S/C56H82N4O9/c1-5-6-7-17-55-28-45(63)44(62)27-52(55,3)42-15-18-54(19-21-60-51(57)58)49-35(26-56(54,68)43(42)25-47(55)65)10-8-9-34(41-31-69-50(66)48(41)36-16-20-59-29-36)23-40-38(37(30-61)24-46(64)53(49,4)67)14-13-33-12-11-32(2)22-39(33)40/h13,16,20,25,29,32,34-35,37-42,44-46,48-49,59,61-64,67-68H,5-7,10-12,14-15,17-19,21-24,26-28,30-31H2,1-4H3,(H4,57,58,60)/t32-,34+,35+,37+,38+,39-,40-,41+,42+,44+,45-,46-,48+,49-,52-,53+,54+,55+,56-/m1/s1. The average Bonchev–Trinajstić information content (AvgIpc) is 4.03. The fraction of sp³-hybridized carbons (Fsp3) is 0.768. The lowest BCUT2D eigenvalue weighted by Gasteiger charge is -2.65. The van der Waals surface area contributed by atoms with Crippen molar-refractivity contribution in [3.63, 3.8) is 0 Å². The first-order valence-electron chi connectivity index (χ1n) is 26.7. The van der Waals surface area contributed by atoms with Crippen LogP contribution < -0.4 is 11.5 Å². The van der Waals surface area contributed by atoms with Crippen molar-refractivity contribution in [3.8, 4) is 11.8 Å². The van der Waals surface area contributed by atoms with Gasteiger partial charge in [0.05, 0.1) is 42.0 Å². The molecule has 5 fully saturated rings. The molecule has 0 spiro atoms. The second-order valence-electron chi connectivity index (χ2n) is 24.1. The monoisotopic (exact) mass is 955 g/mol. The molecule has 0 amide bonds. The van der Waals surface area contributed by atoms with E-state index in [0.717, 1.165) is 50.5 Å². The van der Waals surface area contributed by atoms with Gasteiger partial charge >= 0.3 is 5.97 Å². The van der Waals surface area contributed by atoms with E-state index < -0.39 is 63.5 Å². The van der Waals surface area contributed by atoms with E-state index in [4.69, 9.17) is 16.2 Å². The SMILES string of the molecule is CCCCC[C@@]12C[C@@H](O)[C@@H](O)C[C@]1(C)[C@H]1CC[C@]3(CCN=C(N)N)[C@@H]4[C@@H](CC#C[C@H]([C@@H]5COC(=O)[C@H]5c5cc[nH]c5)C[C@@H]5[C@@H](CC=C6CC[C@@H](C)C[C@H]65)[C@H](CO)C[C@@H](O)[C@]4(C)O)C[C@@]3(O)C1=CC2=O. The topological polar surface area (TPSA) is 245 Å². The van der Waals surface area contributed by atoms with Crippen LogP contribution in [0, 0.1) is 87.3 Å². The van der Waals surface area contributed by atoms with Crippen molar-refractivity contribution in [2.24, 2.45) is 91.9 Å². The molecule has 69 heavy (non-hydrogen) atoms. The third-order valence-electron chi connectivity index (χ3n) is 20.7. The van der Waals surface area contributed by atoms with Crippen LogP contribution in [0.15, 0.2) is 46.8 Å². The Balaban J connectivity index is 1.19. The minimum absolute atomic E-state index is 0.0306. The van der Waals surface area contributed by atoms with Crippen LogP contribution in [-0.4, -0.2) is 103 Å². The Hall–Kier alpha value is -3.51. The molecular weight excluding hydrogens is 873 g/mol. The number of guanidine groups is 1. The number of hydrogen-bond acceptors (Lipinski definition) is 10. The highest BCUT2D eigenvalue weighted by Crippen LogP contribution is 2.74. The lowest BCUT2D eigenvalue weighted by atomic mass is 9.39. The first-order valence-corrected chi connectivity index (χ1v) is 26.7. The molecule has 1 aromatic heterocycles. The van der Waals surface area contributed by atoms with E-state index in [1.54, 1.807) is 13.0 Å². The summed E-state index contributed by atoms with van der Waals surface area (Å²) in [7, 11) is 0. The number of carbonyl (C=O) groups is 2. The Morgan fingerprint density at radius 3 is 2.49 bits per heavy atom. The molecule has 13 heteroatoms. The van der Waals surface area contributed by atoms with Crippen molar-refractivity contribution in [1.29, 1.82) is 0 Å². The second kappa shape index (κ2) is 19.2. The van der Waals surface area contributed by atoms with E-state index >= 15 is 4.79 Å². The molecule has 1 aliphatic heterocycles. The second-order valence-corrected chi connectivity index (χ2v) is 24.1. The first kappa shape index (κ1) is 50.4. The third-order valence-corrected chi connectivity index (χ3v) is 20.7. The number of aromatic amines is 1. The van der Waals surface area contributed by atoms with Gasteiger partial charge in [0.15, 0.2) is 11.7 Å². The van der Waals surface area contributed by atoms with Gasteiger partial charge in [-0.25, -0.2) is 0 Å². The lowest BCUT2D eigenvalue weighted by Crippen LogP contribution is -2.67. The minimum atomic E-state index is -1.81. The van der Waals surface area contributed by atoms with Gasteiger partial charge in [0.2, 0.25) is 0 Å². The van der Waals surface area contributed by atoms with Gasteiger partial charge < -0.3 is 51.8 Å². The summed E-state index contributed by atoms with van der Waals surface area (Å²) in [5.41, 5.74) is 8.52. The Morgan fingerprint density at radius 2 is 1.77 bits per heavy atom. The number of hydrogen-bond donors (Lipinski definition) is 9. The van der Waals surface area contributed by atoms with Crippen molar-refractivity contribution in [2.45, 2.75) is 172 Å². The van der Waals surface area contributed by atoms with Gasteiger partial charge in [0.25, 0.3) is 0 Å². The summed E-state index contributed by atoms with van der Waals surface area (Å²) in [4.78, 5) is 36.4. The molecule has 1 saturated heterocycles. The predicted molar refractivity (Wildman–Crippen MR) is 263 cm³/mol. The molecule has 0 aromatic carbocycles.